The maximum Gasteiger partial charge on any atom is 0.156 e. The second-order valence-electron chi connectivity index (χ2n) is 6.54. The first-order valence-electron chi connectivity index (χ1n) is 9.04. The molecule has 0 saturated heterocycles. The van der Waals surface area contributed by atoms with Gasteiger partial charge in [0.1, 0.15) is 0 Å². The van der Waals surface area contributed by atoms with E-state index in [-0.39, 0.29) is 0 Å². The largest absolute Gasteiger partial charge is 0.377 e. The van der Waals surface area contributed by atoms with Gasteiger partial charge >= 0.3 is 0 Å². The minimum atomic E-state index is 0.856. The summed E-state index contributed by atoms with van der Waals surface area (Å²) in [5.74, 6) is 1.71. The molecule has 0 fully saturated rings. The lowest BCUT2D eigenvalue weighted by Crippen LogP contribution is -2.10. The van der Waals surface area contributed by atoms with Gasteiger partial charge in [-0.2, -0.15) is 0 Å². The number of benzene rings is 2. The summed E-state index contributed by atoms with van der Waals surface area (Å²) >= 11 is 0. The van der Waals surface area contributed by atoms with Crippen LogP contribution < -0.4 is 15.5 Å². The molecule has 25 heavy (non-hydrogen) atoms. The van der Waals surface area contributed by atoms with Crippen molar-refractivity contribution < 1.29 is 0 Å². The van der Waals surface area contributed by atoms with Crippen molar-refractivity contribution in [2.24, 2.45) is 0 Å². The molecule has 0 aliphatic heterocycles. The summed E-state index contributed by atoms with van der Waals surface area (Å²) < 4.78 is 0. The van der Waals surface area contributed by atoms with Crippen LogP contribution in [0.5, 0.6) is 0 Å². The summed E-state index contributed by atoms with van der Waals surface area (Å²) in [7, 11) is 4.16. The van der Waals surface area contributed by atoms with E-state index in [4.69, 9.17) is 0 Å². The van der Waals surface area contributed by atoms with Crippen molar-refractivity contribution in [2.45, 2.75) is 26.7 Å². The summed E-state index contributed by atoms with van der Waals surface area (Å²) in [6.45, 7) is 6.08. The molecule has 132 valence electrons. The molecule has 0 bridgehead atoms. The van der Waals surface area contributed by atoms with Gasteiger partial charge < -0.3 is 15.5 Å². The second-order valence-corrected chi connectivity index (χ2v) is 6.54. The Hall–Kier alpha value is -2.56. The van der Waals surface area contributed by atoms with E-state index in [2.05, 4.69) is 84.0 Å². The highest BCUT2D eigenvalue weighted by Crippen LogP contribution is 2.34. The standard InChI is InChI=1S/C20H27N5/c1-5-10-21-19-16-12-14-8-7-9-18(25(3)4)15(14)13-17(16)20(24-23-19)22-11-6-2/h7-9,12-13H,5-6,10-11H2,1-4H3,(H,21,23)(H,22,24). The highest BCUT2D eigenvalue weighted by atomic mass is 15.2. The topological polar surface area (TPSA) is 53.1 Å². The number of hydrogen-bond donors (Lipinski definition) is 2. The van der Waals surface area contributed by atoms with Crippen LogP contribution in [-0.2, 0) is 0 Å². The fourth-order valence-corrected chi connectivity index (χ4v) is 3.05. The van der Waals surface area contributed by atoms with E-state index in [9.17, 15) is 0 Å². The van der Waals surface area contributed by atoms with Crippen molar-refractivity contribution in [1.29, 1.82) is 0 Å². The van der Waals surface area contributed by atoms with E-state index in [0.717, 1.165) is 48.3 Å². The summed E-state index contributed by atoms with van der Waals surface area (Å²) in [6, 6.07) is 10.9. The van der Waals surface area contributed by atoms with Gasteiger partial charge in [0.15, 0.2) is 11.6 Å². The quantitative estimate of drug-likeness (QED) is 0.622. The van der Waals surface area contributed by atoms with Crippen LogP contribution in [0.3, 0.4) is 0 Å². The van der Waals surface area contributed by atoms with Crippen LogP contribution in [0.4, 0.5) is 17.3 Å². The fourth-order valence-electron chi connectivity index (χ4n) is 3.05. The molecule has 0 atom stereocenters. The van der Waals surface area contributed by atoms with Gasteiger partial charge in [0.25, 0.3) is 0 Å². The molecule has 0 spiro atoms. The minimum Gasteiger partial charge on any atom is -0.377 e. The van der Waals surface area contributed by atoms with Crippen molar-refractivity contribution in [2.75, 3.05) is 42.7 Å². The number of fused-ring (bicyclic) bond motifs is 2. The number of aromatic nitrogens is 2. The zero-order valence-electron chi connectivity index (χ0n) is 15.6. The Bertz CT molecular complexity index is 873. The van der Waals surface area contributed by atoms with E-state index in [0.29, 0.717) is 0 Å². The molecule has 0 radical (unpaired) electrons. The Morgan fingerprint density at radius 3 is 2.00 bits per heavy atom. The molecule has 0 amide bonds. The Kier molecular flexibility index (Phi) is 5.22. The Morgan fingerprint density at radius 1 is 0.840 bits per heavy atom. The van der Waals surface area contributed by atoms with E-state index < -0.39 is 0 Å². The lowest BCUT2D eigenvalue weighted by atomic mass is 10.0. The number of anilines is 3. The zero-order valence-corrected chi connectivity index (χ0v) is 15.6. The highest BCUT2D eigenvalue weighted by Gasteiger charge is 2.12. The molecule has 5 nitrogen and oxygen atoms in total. The van der Waals surface area contributed by atoms with Gasteiger partial charge in [0, 0.05) is 49.0 Å². The van der Waals surface area contributed by atoms with Crippen molar-refractivity contribution in [3.63, 3.8) is 0 Å². The van der Waals surface area contributed by atoms with Crippen LogP contribution in [0.15, 0.2) is 30.3 Å². The monoisotopic (exact) mass is 337 g/mol. The summed E-state index contributed by atoms with van der Waals surface area (Å²) in [5, 5.41) is 20.4. The predicted molar refractivity (Wildman–Crippen MR) is 109 cm³/mol. The first kappa shape index (κ1) is 17.3. The van der Waals surface area contributed by atoms with E-state index in [1.807, 2.05) is 0 Å². The Balaban J connectivity index is 2.26. The summed E-state index contributed by atoms with van der Waals surface area (Å²) in [5.41, 5.74) is 1.21. The lowest BCUT2D eigenvalue weighted by Gasteiger charge is -2.17. The molecular formula is C20H27N5. The van der Waals surface area contributed by atoms with Gasteiger partial charge in [-0.15, -0.1) is 10.2 Å². The maximum atomic E-state index is 4.44. The first-order chi connectivity index (χ1) is 12.2. The van der Waals surface area contributed by atoms with Gasteiger partial charge in [-0.05, 0) is 36.4 Å². The van der Waals surface area contributed by atoms with E-state index in [1.54, 1.807) is 0 Å². The summed E-state index contributed by atoms with van der Waals surface area (Å²) in [4.78, 5) is 2.15. The molecule has 3 rings (SSSR count). The van der Waals surface area contributed by atoms with Crippen molar-refractivity contribution in [3.8, 4) is 0 Å². The van der Waals surface area contributed by atoms with Crippen LogP contribution in [-0.4, -0.2) is 37.4 Å². The van der Waals surface area contributed by atoms with Crippen LogP contribution in [0.2, 0.25) is 0 Å². The number of nitrogens with zero attached hydrogens (tertiary/aromatic N) is 3. The third-order valence-corrected chi connectivity index (χ3v) is 4.32. The number of hydrogen-bond acceptors (Lipinski definition) is 5. The van der Waals surface area contributed by atoms with Gasteiger partial charge in [-0.1, -0.05) is 26.0 Å². The average Bonchev–Trinajstić information content (AvgIpc) is 2.62. The highest BCUT2D eigenvalue weighted by molar-refractivity contribution is 6.09. The van der Waals surface area contributed by atoms with E-state index >= 15 is 0 Å². The smallest absolute Gasteiger partial charge is 0.156 e. The average molecular weight is 337 g/mol. The third kappa shape index (κ3) is 3.45. The molecule has 0 unspecified atom stereocenters. The molecule has 0 aliphatic rings. The van der Waals surface area contributed by atoms with E-state index in [1.165, 1.54) is 16.5 Å². The molecule has 5 heteroatoms. The van der Waals surface area contributed by atoms with Crippen molar-refractivity contribution in [1.82, 2.24) is 10.2 Å². The normalized spacial score (nSPS) is 11.0. The zero-order chi connectivity index (χ0) is 17.8. The number of nitrogens with one attached hydrogen (secondary N) is 2. The second kappa shape index (κ2) is 7.55. The molecule has 3 aromatic rings. The summed E-state index contributed by atoms with van der Waals surface area (Å²) in [6.07, 6.45) is 2.10. The van der Waals surface area contributed by atoms with Gasteiger partial charge in [-0.25, -0.2) is 0 Å². The molecule has 1 heterocycles. The van der Waals surface area contributed by atoms with Gasteiger partial charge in [-0.3, -0.25) is 0 Å². The third-order valence-electron chi connectivity index (χ3n) is 4.32. The van der Waals surface area contributed by atoms with Gasteiger partial charge in [0.05, 0.1) is 0 Å². The van der Waals surface area contributed by atoms with Crippen LogP contribution in [0, 0.1) is 0 Å². The molecule has 0 saturated carbocycles. The molecule has 2 aromatic carbocycles. The van der Waals surface area contributed by atoms with Crippen molar-refractivity contribution in [3.05, 3.63) is 30.3 Å². The minimum absolute atomic E-state index is 0.856. The molecule has 2 N–H and O–H groups in total. The van der Waals surface area contributed by atoms with Gasteiger partial charge in [0.2, 0.25) is 0 Å². The van der Waals surface area contributed by atoms with Crippen LogP contribution in [0.1, 0.15) is 26.7 Å². The molecule has 1 aromatic heterocycles. The van der Waals surface area contributed by atoms with Crippen LogP contribution >= 0.6 is 0 Å². The molecule has 0 aliphatic carbocycles. The molecular weight excluding hydrogens is 310 g/mol. The Labute approximate surface area is 149 Å². The predicted octanol–water partition coefficient (Wildman–Crippen LogP) is 4.49. The van der Waals surface area contributed by atoms with Crippen LogP contribution in [0.25, 0.3) is 21.5 Å². The fraction of sp³-hybridized carbons (Fsp3) is 0.400. The number of rotatable bonds is 7. The lowest BCUT2D eigenvalue weighted by molar-refractivity contribution is 0.934. The SMILES string of the molecule is CCCNc1nnc(NCCC)c2cc3c(N(C)C)cccc3cc12. The van der Waals surface area contributed by atoms with Crippen molar-refractivity contribution >= 4 is 38.9 Å². The Morgan fingerprint density at radius 2 is 1.44 bits per heavy atom. The first-order valence-corrected chi connectivity index (χ1v) is 9.04. The maximum absolute atomic E-state index is 4.44.